The van der Waals surface area contributed by atoms with Crippen molar-refractivity contribution in [3.05, 3.63) is 30.6 Å². The molecule has 0 spiro atoms. The summed E-state index contributed by atoms with van der Waals surface area (Å²) < 4.78 is 5.35. The third-order valence-corrected chi connectivity index (χ3v) is 4.48. The first kappa shape index (κ1) is 15.6. The van der Waals surface area contributed by atoms with Crippen molar-refractivity contribution in [2.75, 3.05) is 23.3 Å². The van der Waals surface area contributed by atoms with Crippen molar-refractivity contribution in [1.29, 1.82) is 0 Å². The van der Waals surface area contributed by atoms with Crippen LogP contribution in [0.1, 0.15) is 12.1 Å². The number of aryl methyl sites for hydroxylation is 1. The van der Waals surface area contributed by atoms with Gasteiger partial charge in [0, 0.05) is 25.3 Å². The summed E-state index contributed by atoms with van der Waals surface area (Å²) in [5.41, 5.74) is 2.12. The van der Waals surface area contributed by atoms with Crippen LogP contribution in [0.25, 0.3) is 22.6 Å². The first-order chi connectivity index (χ1) is 13.3. The maximum absolute atomic E-state index is 5.35. The molecule has 5 rings (SSSR count). The topological polar surface area (TPSA) is 134 Å². The van der Waals surface area contributed by atoms with Gasteiger partial charge in [0.15, 0.2) is 5.65 Å². The molecule has 4 aromatic rings. The Labute approximate surface area is 153 Å². The van der Waals surface area contributed by atoms with E-state index in [2.05, 4.69) is 50.5 Å². The minimum atomic E-state index is 0.208. The summed E-state index contributed by atoms with van der Waals surface area (Å²) in [6, 6.07) is 0.208. The molecule has 11 nitrogen and oxygen atoms in total. The lowest BCUT2D eigenvalue weighted by atomic mass is 10.2. The lowest BCUT2D eigenvalue weighted by Gasteiger charge is -2.15. The molecule has 0 radical (unpaired) electrons. The van der Waals surface area contributed by atoms with E-state index in [0.29, 0.717) is 23.2 Å². The summed E-state index contributed by atoms with van der Waals surface area (Å²) in [4.78, 5) is 23.5. The number of H-pyrrole nitrogens is 1. The number of fused-ring (bicyclic) bond motifs is 1. The van der Waals surface area contributed by atoms with Crippen LogP contribution in [0, 0.1) is 6.92 Å². The maximum atomic E-state index is 5.35. The second-order valence-corrected chi connectivity index (χ2v) is 6.37. The molecule has 0 aliphatic carbocycles. The third-order valence-electron chi connectivity index (χ3n) is 4.48. The van der Waals surface area contributed by atoms with Crippen LogP contribution in [-0.2, 0) is 0 Å². The van der Waals surface area contributed by atoms with Gasteiger partial charge < -0.3 is 14.7 Å². The van der Waals surface area contributed by atoms with Gasteiger partial charge in [-0.3, -0.25) is 10.1 Å². The zero-order chi connectivity index (χ0) is 18.2. The van der Waals surface area contributed by atoms with Crippen molar-refractivity contribution >= 4 is 22.8 Å². The van der Waals surface area contributed by atoms with Gasteiger partial charge in [0.1, 0.15) is 17.8 Å². The molecule has 1 aliphatic rings. The van der Waals surface area contributed by atoms with E-state index in [1.807, 2.05) is 6.92 Å². The summed E-state index contributed by atoms with van der Waals surface area (Å²) >= 11 is 0. The Bertz CT molecular complexity index is 1070. The molecule has 4 aromatic heterocycles. The van der Waals surface area contributed by atoms with Crippen LogP contribution in [0.2, 0.25) is 0 Å². The van der Waals surface area contributed by atoms with Crippen LogP contribution in [-0.4, -0.2) is 59.4 Å². The predicted octanol–water partition coefficient (Wildman–Crippen LogP) is 1.19. The Kier molecular flexibility index (Phi) is 3.62. The second-order valence-electron chi connectivity index (χ2n) is 6.37. The lowest BCUT2D eigenvalue weighted by Crippen LogP contribution is -2.27. The van der Waals surface area contributed by atoms with Crippen molar-refractivity contribution in [3.63, 3.8) is 0 Å². The monoisotopic (exact) mass is 364 g/mol. The third kappa shape index (κ3) is 2.92. The molecule has 136 valence electrons. The standard InChI is InChI=1S/C16H16N10O/c1-9-4-18-12(6-17-9)15-23-16(25-27-15)26-3-2-10(7-26)22-13-11-5-21-24-14(11)20-8-19-13/h4-6,8,10H,2-3,7H2,1H3,(H2,19,20,21,22,24)/t10-/m0/s1. The van der Waals surface area contributed by atoms with Crippen LogP contribution in [0.4, 0.5) is 11.8 Å². The summed E-state index contributed by atoms with van der Waals surface area (Å²) in [5, 5.41) is 15.3. The maximum Gasteiger partial charge on any atom is 0.279 e. The molecular formula is C16H16N10O. The van der Waals surface area contributed by atoms with Crippen LogP contribution in [0.15, 0.2) is 29.4 Å². The average molecular weight is 364 g/mol. The predicted molar refractivity (Wildman–Crippen MR) is 96.0 cm³/mol. The molecule has 0 unspecified atom stereocenters. The summed E-state index contributed by atoms with van der Waals surface area (Å²) in [7, 11) is 0. The first-order valence-electron chi connectivity index (χ1n) is 8.54. The number of nitrogens with zero attached hydrogens (tertiary/aromatic N) is 8. The van der Waals surface area contributed by atoms with E-state index >= 15 is 0 Å². The largest absolute Gasteiger partial charge is 0.365 e. The quantitative estimate of drug-likeness (QED) is 0.543. The van der Waals surface area contributed by atoms with Gasteiger partial charge in [0.25, 0.3) is 11.8 Å². The molecule has 1 aliphatic heterocycles. The fourth-order valence-corrected chi connectivity index (χ4v) is 3.08. The van der Waals surface area contributed by atoms with Crippen LogP contribution in [0.5, 0.6) is 0 Å². The van der Waals surface area contributed by atoms with Crippen LogP contribution in [0.3, 0.4) is 0 Å². The highest BCUT2D eigenvalue weighted by molar-refractivity contribution is 5.85. The Hall–Kier alpha value is -3.63. The van der Waals surface area contributed by atoms with Gasteiger partial charge in [-0.25, -0.2) is 15.0 Å². The number of nitrogens with one attached hydrogen (secondary N) is 2. The van der Waals surface area contributed by atoms with E-state index in [9.17, 15) is 0 Å². The summed E-state index contributed by atoms with van der Waals surface area (Å²) in [5.74, 6) is 1.68. The molecular weight excluding hydrogens is 348 g/mol. The van der Waals surface area contributed by atoms with E-state index in [4.69, 9.17) is 4.52 Å². The Balaban J connectivity index is 1.30. The number of aromatic nitrogens is 8. The molecule has 1 fully saturated rings. The number of anilines is 2. The van der Waals surface area contributed by atoms with Gasteiger partial charge in [-0.15, -0.1) is 0 Å². The first-order valence-corrected chi connectivity index (χ1v) is 8.54. The van der Waals surface area contributed by atoms with Crippen molar-refractivity contribution in [1.82, 2.24) is 40.3 Å². The molecule has 2 N–H and O–H groups in total. The zero-order valence-electron chi connectivity index (χ0n) is 14.5. The Morgan fingerprint density at radius 3 is 3.04 bits per heavy atom. The molecule has 0 saturated carbocycles. The minimum Gasteiger partial charge on any atom is -0.365 e. The van der Waals surface area contributed by atoms with Gasteiger partial charge in [-0.2, -0.15) is 10.1 Å². The van der Waals surface area contributed by atoms with Gasteiger partial charge in [0.05, 0.1) is 23.5 Å². The fourth-order valence-electron chi connectivity index (χ4n) is 3.08. The SMILES string of the molecule is Cc1cnc(-c2nc(N3CC[C@H](Nc4ncnc5[nH]ncc45)C3)no2)cn1. The van der Waals surface area contributed by atoms with Gasteiger partial charge in [-0.1, -0.05) is 0 Å². The van der Waals surface area contributed by atoms with E-state index in [1.165, 1.54) is 6.33 Å². The molecule has 5 heterocycles. The normalized spacial score (nSPS) is 16.9. The van der Waals surface area contributed by atoms with E-state index in [1.54, 1.807) is 18.6 Å². The molecule has 1 atom stereocenters. The van der Waals surface area contributed by atoms with Crippen molar-refractivity contribution in [2.24, 2.45) is 0 Å². The fraction of sp³-hybridized carbons (Fsp3) is 0.312. The van der Waals surface area contributed by atoms with Crippen molar-refractivity contribution in [2.45, 2.75) is 19.4 Å². The molecule has 0 aromatic carbocycles. The molecule has 0 amide bonds. The van der Waals surface area contributed by atoms with E-state index < -0.39 is 0 Å². The zero-order valence-corrected chi connectivity index (χ0v) is 14.5. The molecule has 27 heavy (non-hydrogen) atoms. The van der Waals surface area contributed by atoms with Gasteiger partial charge in [-0.05, 0) is 18.5 Å². The minimum absolute atomic E-state index is 0.208. The Morgan fingerprint density at radius 1 is 1.19 bits per heavy atom. The number of hydrogen-bond donors (Lipinski definition) is 2. The molecule has 1 saturated heterocycles. The smallest absolute Gasteiger partial charge is 0.279 e. The van der Waals surface area contributed by atoms with Crippen molar-refractivity contribution < 1.29 is 4.52 Å². The summed E-state index contributed by atoms with van der Waals surface area (Å²) in [6.45, 7) is 3.43. The van der Waals surface area contributed by atoms with E-state index in [0.717, 1.165) is 36.4 Å². The van der Waals surface area contributed by atoms with Crippen LogP contribution >= 0.6 is 0 Å². The summed E-state index contributed by atoms with van der Waals surface area (Å²) in [6.07, 6.45) is 7.47. The van der Waals surface area contributed by atoms with Crippen molar-refractivity contribution in [3.8, 4) is 11.6 Å². The van der Waals surface area contributed by atoms with Crippen LogP contribution < -0.4 is 10.2 Å². The molecule has 11 heteroatoms. The highest BCUT2D eigenvalue weighted by Gasteiger charge is 2.27. The van der Waals surface area contributed by atoms with E-state index in [-0.39, 0.29) is 6.04 Å². The number of rotatable bonds is 4. The number of aromatic amines is 1. The lowest BCUT2D eigenvalue weighted by molar-refractivity contribution is 0.428. The highest BCUT2D eigenvalue weighted by Crippen LogP contribution is 2.24. The van der Waals surface area contributed by atoms with Gasteiger partial charge >= 0.3 is 0 Å². The second kappa shape index (κ2) is 6.27. The highest BCUT2D eigenvalue weighted by atomic mass is 16.5. The number of hydrogen-bond acceptors (Lipinski definition) is 10. The Morgan fingerprint density at radius 2 is 2.15 bits per heavy atom. The average Bonchev–Trinajstić information content (AvgIpc) is 3.43. The molecule has 0 bridgehead atoms. The van der Waals surface area contributed by atoms with Gasteiger partial charge in [0.2, 0.25) is 0 Å².